The Morgan fingerprint density at radius 2 is 2.13 bits per heavy atom. The normalized spacial score (nSPS) is 27.8. The largest absolute Gasteiger partial charge is 0.259 e. The first kappa shape index (κ1) is 11.9. The van der Waals surface area contributed by atoms with Gasteiger partial charge in [-0.25, -0.2) is 0 Å². The Labute approximate surface area is 112 Å². The van der Waals surface area contributed by atoms with Crippen LogP contribution in [0.2, 0.25) is 0 Å². The smallest absolute Gasteiger partial charge is 0.0586 e. The van der Waals surface area contributed by atoms with E-state index in [-0.39, 0.29) is 5.41 Å². The molecule has 1 nitrogen and oxygen atoms in total. The van der Waals surface area contributed by atoms with E-state index in [1.54, 1.807) is 0 Å². The van der Waals surface area contributed by atoms with Crippen molar-refractivity contribution >= 4 is 43.5 Å². The third-order valence-electron chi connectivity index (χ3n) is 3.35. The second-order valence-electron chi connectivity index (χ2n) is 4.58. The molecule has 0 radical (unpaired) electrons. The minimum absolute atomic E-state index is 0.283. The van der Waals surface area contributed by atoms with E-state index in [1.165, 1.54) is 0 Å². The lowest BCUT2D eigenvalue weighted by molar-refractivity contribution is 0.575. The molecule has 0 aromatic carbocycles. The van der Waals surface area contributed by atoms with Gasteiger partial charge in [-0.3, -0.25) is 4.98 Å². The van der Waals surface area contributed by atoms with Gasteiger partial charge in [0.15, 0.2) is 0 Å². The van der Waals surface area contributed by atoms with Gasteiger partial charge in [0.1, 0.15) is 0 Å². The summed E-state index contributed by atoms with van der Waals surface area (Å²) in [4.78, 5) is 4.48. The fraction of sp³-hybridized carbons (Fsp3) is 0.545. The number of hydrogen-bond donors (Lipinski definition) is 0. The number of pyridine rings is 1. The molecule has 15 heavy (non-hydrogen) atoms. The van der Waals surface area contributed by atoms with Crippen LogP contribution in [0.5, 0.6) is 0 Å². The second kappa shape index (κ2) is 4.01. The number of nitrogens with zero attached hydrogens (tertiary/aromatic N) is 1. The highest BCUT2D eigenvalue weighted by Gasteiger charge is 2.58. The van der Waals surface area contributed by atoms with E-state index in [1.807, 2.05) is 12.3 Å². The molecule has 1 fully saturated rings. The molecule has 0 bridgehead atoms. The molecule has 82 valence electrons. The summed E-state index contributed by atoms with van der Waals surface area (Å²) < 4.78 is 2.07. The van der Waals surface area contributed by atoms with Gasteiger partial charge in [0.2, 0.25) is 0 Å². The summed E-state index contributed by atoms with van der Waals surface area (Å²) in [6.45, 7) is 4.50. The van der Waals surface area contributed by atoms with Gasteiger partial charge < -0.3 is 0 Å². The Balaban J connectivity index is 2.33. The molecule has 1 aliphatic rings. The average molecular weight is 353 g/mol. The van der Waals surface area contributed by atoms with Crippen molar-refractivity contribution in [1.82, 2.24) is 4.98 Å². The third kappa shape index (κ3) is 1.98. The molecular weight excluding hydrogens is 341 g/mol. The summed E-state index contributed by atoms with van der Waals surface area (Å²) in [6.07, 6.45) is 1.85. The van der Waals surface area contributed by atoms with Crippen LogP contribution in [0.15, 0.2) is 21.2 Å². The lowest BCUT2D eigenvalue weighted by Gasteiger charge is -2.05. The zero-order chi connectivity index (χ0) is 11.2. The fourth-order valence-electron chi connectivity index (χ4n) is 2.23. The molecule has 4 heteroatoms. The second-order valence-corrected chi connectivity index (χ2v) is 6.66. The molecule has 1 heterocycles. The van der Waals surface area contributed by atoms with Crippen LogP contribution < -0.4 is 0 Å². The van der Waals surface area contributed by atoms with Gasteiger partial charge in [-0.1, -0.05) is 13.8 Å². The number of halogens is 3. The Kier molecular flexibility index (Phi) is 3.17. The molecule has 1 saturated carbocycles. The van der Waals surface area contributed by atoms with Crippen LogP contribution in [0.4, 0.5) is 0 Å². The van der Waals surface area contributed by atoms with Crippen molar-refractivity contribution in [2.75, 3.05) is 5.88 Å². The van der Waals surface area contributed by atoms with E-state index in [2.05, 4.69) is 50.7 Å². The maximum absolute atomic E-state index is 5.96. The lowest BCUT2D eigenvalue weighted by Crippen LogP contribution is -1.94. The molecule has 1 aliphatic carbocycles. The highest BCUT2D eigenvalue weighted by atomic mass is 79.9. The predicted molar refractivity (Wildman–Crippen MR) is 70.4 cm³/mol. The summed E-state index contributed by atoms with van der Waals surface area (Å²) in [5.41, 5.74) is 1.42. The Hall–Kier alpha value is 0.400. The summed E-state index contributed by atoms with van der Waals surface area (Å²) in [5.74, 6) is 1.74. The molecule has 1 aromatic heterocycles. The van der Waals surface area contributed by atoms with Gasteiger partial charge in [0, 0.05) is 26.9 Å². The lowest BCUT2D eigenvalue weighted by atomic mass is 10.1. The van der Waals surface area contributed by atoms with Crippen LogP contribution in [0.3, 0.4) is 0 Å². The van der Waals surface area contributed by atoms with Crippen LogP contribution in [0, 0.1) is 11.3 Å². The third-order valence-corrected chi connectivity index (χ3v) is 4.75. The topological polar surface area (TPSA) is 12.9 Å². The summed E-state index contributed by atoms with van der Waals surface area (Å²) in [5, 5.41) is 0. The van der Waals surface area contributed by atoms with Crippen molar-refractivity contribution < 1.29 is 0 Å². The Morgan fingerprint density at radius 3 is 2.60 bits per heavy atom. The Bertz CT molecular complexity index is 392. The zero-order valence-electron chi connectivity index (χ0n) is 8.60. The number of hydrogen-bond acceptors (Lipinski definition) is 1. The average Bonchev–Trinajstić information content (AvgIpc) is 2.68. The van der Waals surface area contributed by atoms with Crippen molar-refractivity contribution in [3.63, 3.8) is 0 Å². The first-order valence-corrected chi connectivity index (χ1v) is 6.97. The maximum atomic E-state index is 5.96. The van der Waals surface area contributed by atoms with Crippen LogP contribution in [-0.4, -0.2) is 10.9 Å². The van der Waals surface area contributed by atoms with E-state index < -0.39 is 0 Å². The van der Waals surface area contributed by atoms with Gasteiger partial charge in [0.05, 0.1) is 5.69 Å². The maximum Gasteiger partial charge on any atom is 0.0586 e. The van der Waals surface area contributed by atoms with E-state index in [0.29, 0.717) is 17.7 Å². The first-order valence-electron chi connectivity index (χ1n) is 4.85. The SMILES string of the molecule is CC1(C)C(CCl)C1c1ncc(Br)cc1Br. The van der Waals surface area contributed by atoms with E-state index in [0.717, 1.165) is 14.6 Å². The van der Waals surface area contributed by atoms with Crippen LogP contribution in [-0.2, 0) is 0 Å². The predicted octanol–water partition coefficient (Wildman–Crippen LogP) is 4.59. The minimum atomic E-state index is 0.283. The van der Waals surface area contributed by atoms with Crippen LogP contribution in [0.1, 0.15) is 25.5 Å². The summed E-state index contributed by atoms with van der Waals surface area (Å²) >= 11 is 12.9. The van der Waals surface area contributed by atoms with Crippen molar-refractivity contribution in [2.24, 2.45) is 11.3 Å². The zero-order valence-corrected chi connectivity index (χ0v) is 12.5. The van der Waals surface area contributed by atoms with Crippen molar-refractivity contribution in [2.45, 2.75) is 19.8 Å². The summed E-state index contributed by atoms with van der Waals surface area (Å²) in [7, 11) is 0. The molecule has 2 unspecified atom stereocenters. The number of rotatable bonds is 2. The van der Waals surface area contributed by atoms with Crippen molar-refractivity contribution in [3.05, 3.63) is 26.9 Å². The van der Waals surface area contributed by atoms with Crippen LogP contribution >= 0.6 is 43.5 Å². The molecular formula is C11H12Br2ClN. The standard InChI is InChI=1S/C11H12Br2ClN/c1-11(2)7(4-14)9(11)10-8(13)3-6(12)5-15-10/h3,5,7,9H,4H2,1-2H3. The van der Waals surface area contributed by atoms with Gasteiger partial charge in [-0.05, 0) is 49.3 Å². The van der Waals surface area contributed by atoms with Gasteiger partial charge >= 0.3 is 0 Å². The number of aromatic nitrogens is 1. The molecule has 0 amide bonds. The highest BCUT2D eigenvalue weighted by Crippen LogP contribution is 2.65. The molecule has 0 N–H and O–H groups in total. The van der Waals surface area contributed by atoms with E-state index in [4.69, 9.17) is 11.6 Å². The summed E-state index contributed by atoms with van der Waals surface area (Å²) in [6, 6.07) is 2.04. The van der Waals surface area contributed by atoms with Crippen molar-refractivity contribution in [3.8, 4) is 0 Å². The van der Waals surface area contributed by atoms with Gasteiger partial charge in [0.25, 0.3) is 0 Å². The van der Waals surface area contributed by atoms with E-state index in [9.17, 15) is 0 Å². The highest BCUT2D eigenvalue weighted by molar-refractivity contribution is 9.11. The number of alkyl halides is 1. The van der Waals surface area contributed by atoms with Crippen molar-refractivity contribution in [1.29, 1.82) is 0 Å². The first-order chi connectivity index (χ1) is 6.98. The molecule has 0 saturated heterocycles. The molecule has 0 spiro atoms. The van der Waals surface area contributed by atoms with Gasteiger partial charge in [-0.2, -0.15) is 0 Å². The monoisotopic (exact) mass is 351 g/mol. The quantitative estimate of drug-likeness (QED) is 0.709. The van der Waals surface area contributed by atoms with E-state index >= 15 is 0 Å². The molecule has 2 rings (SSSR count). The fourth-order valence-corrected chi connectivity index (χ4v) is 4.04. The molecule has 2 atom stereocenters. The van der Waals surface area contributed by atoms with Gasteiger partial charge in [-0.15, -0.1) is 11.6 Å². The van der Waals surface area contributed by atoms with Crippen LogP contribution in [0.25, 0.3) is 0 Å². The minimum Gasteiger partial charge on any atom is -0.259 e. The Morgan fingerprint density at radius 1 is 1.47 bits per heavy atom. The molecule has 0 aliphatic heterocycles. The molecule has 1 aromatic rings.